The summed E-state index contributed by atoms with van der Waals surface area (Å²) in [6.45, 7) is 2.43. The summed E-state index contributed by atoms with van der Waals surface area (Å²) in [5, 5.41) is 0. The molecule has 3 aromatic rings. The highest BCUT2D eigenvalue weighted by molar-refractivity contribution is 5.84. The SMILES string of the molecule is Cc1cccc(OCCCC(=O)NNC(=O)Cc2nc3ccccc3n2C)c1. The molecule has 1 heterocycles. The predicted molar refractivity (Wildman–Crippen MR) is 107 cm³/mol. The second kappa shape index (κ2) is 9.03. The van der Waals surface area contributed by atoms with Gasteiger partial charge in [0.15, 0.2) is 0 Å². The summed E-state index contributed by atoms with van der Waals surface area (Å²) in [4.78, 5) is 28.4. The summed E-state index contributed by atoms with van der Waals surface area (Å²) in [6, 6.07) is 15.4. The minimum atomic E-state index is -0.317. The molecule has 7 heteroatoms. The first kappa shape index (κ1) is 19.4. The Hall–Kier alpha value is -3.35. The van der Waals surface area contributed by atoms with E-state index in [1.165, 1.54) is 0 Å². The standard InChI is InChI=1S/C21H24N4O3/c1-15-7-5-8-16(13-15)28-12-6-11-20(26)23-24-21(27)14-19-22-17-9-3-4-10-18(17)25(19)2/h3-5,7-10,13H,6,11-12,14H2,1-2H3,(H,23,26)(H,24,27). The Bertz CT molecular complexity index is 981. The van der Waals surface area contributed by atoms with E-state index < -0.39 is 0 Å². The normalized spacial score (nSPS) is 10.6. The molecule has 0 aliphatic heterocycles. The van der Waals surface area contributed by atoms with E-state index in [-0.39, 0.29) is 24.7 Å². The fourth-order valence-electron chi connectivity index (χ4n) is 2.87. The maximum absolute atomic E-state index is 12.1. The fraction of sp³-hybridized carbons (Fsp3) is 0.286. The molecule has 0 radical (unpaired) electrons. The molecule has 28 heavy (non-hydrogen) atoms. The number of hydrogen-bond acceptors (Lipinski definition) is 4. The third-order valence-electron chi connectivity index (χ3n) is 4.35. The number of aryl methyl sites for hydroxylation is 2. The summed E-state index contributed by atoms with van der Waals surface area (Å²) in [5.74, 6) is 0.852. The van der Waals surface area contributed by atoms with E-state index in [4.69, 9.17) is 4.74 Å². The number of nitrogens with one attached hydrogen (secondary N) is 2. The molecule has 2 N–H and O–H groups in total. The van der Waals surface area contributed by atoms with Crippen LogP contribution in [0.25, 0.3) is 11.0 Å². The third-order valence-corrected chi connectivity index (χ3v) is 4.35. The molecule has 0 unspecified atom stereocenters. The van der Waals surface area contributed by atoms with Gasteiger partial charge in [-0.1, -0.05) is 24.3 Å². The maximum atomic E-state index is 12.1. The number of para-hydroxylation sites is 2. The number of amides is 2. The minimum absolute atomic E-state index is 0.0852. The number of benzene rings is 2. The van der Waals surface area contributed by atoms with E-state index in [9.17, 15) is 9.59 Å². The van der Waals surface area contributed by atoms with Crippen LogP contribution in [0.1, 0.15) is 24.2 Å². The van der Waals surface area contributed by atoms with Crippen molar-refractivity contribution in [3.05, 3.63) is 59.9 Å². The zero-order valence-electron chi connectivity index (χ0n) is 16.1. The zero-order valence-corrected chi connectivity index (χ0v) is 16.1. The van der Waals surface area contributed by atoms with Gasteiger partial charge in [-0.3, -0.25) is 20.4 Å². The number of carbonyl (C=O) groups excluding carboxylic acids is 2. The van der Waals surface area contributed by atoms with Gasteiger partial charge >= 0.3 is 0 Å². The zero-order chi connectivity index (χ0) is 19.9. The number of hydrazine groups is 1. The smallest absolute Gasteiger partial charge is 0.245 e. The fourth-order valence-corrected chi connectivity index (χ4v) is 2.87. The van der Waals surface area contributed by atoms with Crippen LogP contribution in [-0.4, -0.2) is 28.0 Å². The molecule has 0 saturated carbocycles. The Morgan fingerprint density at radius 2 is 1.86 bits per heavy atom. The molecule has 0 fully saturated rings. The van der Waals surface area contributed by atoms with E-state index in [0.29, 0.717) is 18.9 Å². The molecule has 0 bridgehead atoms. The van der Waals surface area contributed by atoms with Crippen LogP contribution in [0, 0.1) is 6.92 Å². The van der Waals surface area contributed by atoms with Crippen molar-refractivity contribution in [1.82, 2.24) is 20.4 Å². The van der Waals surface area contributed by atoms with Crippen LogP contribution in [-0.2, 0) is 23.1 Å². The quantitative estimate of drug-likeness (QED) is 0.487. The van der Waals surface area contributed by atoms with Crippen molar-refractivity contribution < 1.29 is 14.3 Å². The van der Waals surface area contributed by atoms with Crippen molar-refractivity contribution in [3.63, 3.8) is 0 Å². The van der Waals surface area contributed by atoms with Crippen molar-refractivity contribution in [3.8, 4) is 5.75 Å². The lowest BCUT2D eigenvalue weighted by Crippen LogP contribution is -2.42. The molecule has 3 rings (SSSR count). The molecule has 7 nitrogen and oxygen atoms in total. The second-order valence-corrected chi connectivity index (χ2v) is 6.62. The van der Waals surface area contributed by atoms with Gasteiger partial charge in [-0.2, -0.15) is 0 Å². The molecule has 146 valence electrons. The Labute approximate surface area is 163 Å². The summed E-state index contributed by atoms with van der Waals surface area (Å²) >= 11 is 0. The van der Waals surface area contributed by atoms with Gasteiger partial charge in [-0.05, 0) is 43.2 Å². The second-order valence-electron chi connectivity index (χ2n) is 6.62. The van der Waals surface area contributed by atoms with E-state index >= 15 is 0 Å². The summed E-state index contributed by atoms with van der Waals surface area (Å²) < 4.78 is 7.48. The molecule has 0 atom stereocenters. The van der Waals surface area contributed by atoms with Crippen LogP contribution in [0.2, 0.25) is 0 Å². The molecular formula is C21H24N4O3. The van der Waals surface area contributed by atoms with Gasteiger partial charge in [-0.25, -0.2) is 4.98 Å². The van der Waals surface area contributed by atoms with Gasteiger partial charge in [0.25, 0.3) is 0 Å². The molecule has 2 amide bonds. The number of aromatic nitrogens is 2. The van der Waals surface area contributed by atoms with Gasteiger partial charge < -0.3 is 9.30 Å². The first-order chi connectivity index (χ1) is 13.5. The Morgan fingerprint density at radius 1 is 1.07 bits per heavy atom. The number of hydrogen-bond donors (Lipinski definition) is 2. The topological polar surface area (TPSA) is 85.2 Å². The van der Waals surface area contributed by atoms with Crippen molar-refractivity contribution in [1.29, 1.82) is 0 Å². The van der Waals surface area contributed by atoms with Gasteiger partial charge in [-0.15, -0.1) is 0 Å². The van der Waals surface area contributed by atoms with Crippen LogP contribution >= 0.6 is 0 Å². The van der Waals surface area contributed by atoms with Gasteiger partial charge in [0.2, 0.25) is 11.8 Å². The molecule has 0 aliphatic carbocycles. The lowest BCUT2D eigenvalue weighted by molar-refractivity contribution is -0.128. The van der Waals surface area contributed by atoms with Crippen molar-refractivity contribution in [2.75, 3.05) is 6.61 Å². The molecular weight excluding hydrogens is 356 g/mol. The van der Waals surface area contributed by atoms with Crippen molar-refractivity contribution in [2.45, 2.75) is 26.2 Å². The average molecular weight is 380 g/mol. The van der Waals surface area contributed by atoms with E-state index in [1.807, 2.05) is 67.1 Å². The first-order valence-corrected chi connectivity index (χ1v) is 9.20. The van der Waals surface area contributed by atoms with Gasteiger partial charge in [0.05, 0.1) is 24.1 Å². The number of ether oxygens (including phenoxy) is 1. The summed E-state index contributed by atoms with van der Waals surface area (Å²) in [7, 11) is 1.87. The highest BCUT2D eigenvalue weighted by Gasteiger charge is 2.12. The number of nitrogens with zero attached hydrogens (tertiary/aromatic N) is 2. The molecule has 1 aromatic heterocycles. The largest absolute Gasteiger partial charge is 0.494 e. The Balaban J connectivity index is 1.38. The maximum Gasteiger partial charge on any atom is 0.245 e. The van der Waals surface area contributed by atoms with E-state index in [0.717, 1.165) is 22.3 Å². The number of carbonyl (C=O) groups is 2. The first-order valence-electron chi connectivity index (χ1n) is 9.20. The number of rotatable bonds is 7. The highest BCUT2D eigenvalue weighted by atomic mass is 16.5. The van der Waals surface area contributed by atoms with Crippen LogP contribution in [0.5, 0.6) is 5.75 Å². The van der Waals surface area contributed by atoms with Gasteiger partial charge in [0, 0.05) is 13.5 Å². The lowest BCUT2D eigenvalue weighted by atomic mass is 10.2. The van der Waals surface area contributed by atoms with Crippen LogP contribution in [0.3, 0.4) is 0 Å². The number of imidazole rings is 1. The molecule has 2 aromatic carbocycles. The third kappa shape index (κ3) is 5.09. The molecule has 0 spiro atoms. The molecule has 0 aliphatic rings. The van der Waals surface area contributed by atoms with Crippen molar-refractivity contribution >= 4 is 22.8 Å². The van der Waals surface area contributed by atoms with Crippen LogP contribution in [0.15, 0.2) is 48.5 Å². The Kier molecular flexibility index (Phi) is 6.26. The Morgan fingerprint density at radius 3 is 2.64 bits per heavy atom. The average Bonchev–Trinajstić information content (AvgIpc) is 2.99. The highest BCUT2D eigenvalue weighted by Crippen LogP contribution is 2.14. The van der Waals surface area contributed by atoms with Crippen LogP contribution in [0.4, 0.5) is 0 Å². The number of fused-ring (bicyclic) bond motifs is 1. The monoisotopic (exact) mass is 380 g/mol. The van der Waals surface area contributed by atoms with E-state index in [2.05, 4.69) is 15.8 Å². The minimum Gasteiger partial charge on any atom is -0.494 e. The van der Waals surface area contributed by atoms with Gasteiger partial charge in [0.1, 0.15) is 11.6 Å². The van der Waals surface area contributed by atoms with E-state index in [1.54, 1.807) is 0 Å². The molecule has 0 saturated heterocycles. The summed E-state index contributed by atoms with van der Waals surface area (Å²) in [6.07, 6.45) is 0.903. The van der Waals surface area contributed by atoms with Crippen LogP contribution < -0.4 is 15.6 Å². The summed E-state index contributed by atoms with van der Waals surface area (Å²) in [5.41, 5.74) is 7.79. The lowest BCUT2D eigenvalue weighted by Gasteiger charge is -2.09. The van der Waals surface area contributed by atoms with Crippen molar-refractivity contribution in [2.24, 2.45) is 7.05 Å². The predicted octanol–water partition coefficient (Wildman–Crippen LogP) is 2.43.